The molecule has 0 saturated heterocycles. The number of carbonyl (C=O) groups is 2. The van der Waals surface area contributed by atoms with E-state index in [-0.39, 0.29) is 0 Å². The van der Waals surface area contributed by atoms with Crippen LogP contribution in [0.15, 0.2) is 0 Å². The van der Waals surface area contributed by atoms with E-state index in [0.717, 1.165) is 38.5 Å². The summed E-state index contributed by atoms with van der Waals surface area (Å²) in [6, 6.07) is 0. The van der Waals surface area contributed by atoms with Crippen molar-refractivity contribution in [3.63, 3.8) is 0 Å². The van der Waals surface area contributed by atoms with E-state index in [0.29, 0.717) is 13.0 Å². The highest BCUT2D eigenvalue weighted by atomic mass is 16.6. The second-order valence-corrected chi connectivity index (χ2v) is 11.4. The van der Waals surface area contributed by atoms with Crippen molar-refractivity contribution in [2.24, 2.45) is 0 Å². The summed E-state index contributed by atoms with van der Waals surface area (Å²) >= 11 is 0. The SMILES string of the molecule is CCCCCCCCCCCCCCCCCCCCC(OCCCCCCCC)C(=O)OC(=O)C(O)CO. The van der Waals surface area contributed by atoms with E-state index in [2.05, 4.69) is 13.8 Å². The van der Waals surface area contributed by atoms with Gasteiger partial charge >= 0.3 is 11.9 Å². The molecule has 0 saturated carbocycles. The summed E-state index contributed by atoms with van der Waals surface area (Å²) < 4.78 is 10.5. The van der Waals surface area contributed by atoms with Gasteiger partial charge in [-0.1, -0.05) is 162 Å². The zero-order valence-corrected chi connectivity index (χ0v) is 25.8. The lowest BCUT2D eigenvalue weighted by Crippen LogP contribution is -2.34. The first kappa shape index (κ1) is 38.0. The van der Waals surface area contributed by atoms with Gasteiger partial charge in [0.15, 0.2) is 12.2 Å². The van der Waals surface area contributed by atoms with Gasteiger partial charge in [-0.15, -0.1) is 0 Å². The molecule has 232 valence electrons. The van der Waals surface area contributed by atoms with E-state index in [9.17, 15) is 14.7 Å². The fourth-order valence-electron chi connectivity index (χ4n) is 4.92. The van der Waals surface area contributed by atoms with Crippen molar-refractivity contribution in [2.45, 2.75) is 187 Å². The van der Waals surface area contributed by atoms with Crippen LogP contribution in [0.25, 0.3) is 0 Å². The van der Waals surface area contributed by atoms with Gasteiger partial charge in [0.05, 0.1) is 6.61 Å². The van der Waals surface area contributed by atoms with Crippen LogP contribution in [0.1, 0.15) is 174 Å². The molecule has 0 fully saturated rings. The van der Waals surface area contributed by atoms with Crippen molar-refractivity contribution in [3.8, 4) is 0 Å². The Labute approximate surface area is 241 Å². The van der Waals surface area contributed by atoms with E-state index in [4.69, 9.17) is 14.6 Å². The zero-order chi connectivity index (χ0) is 28.8. The van der Waals surface area contributed by atoms with Crippen molar-refractivity contribution in [1.82, 2.24) is 0 Å². The molecule has 0 aromatic carbocycles. The minimum atomic E-state index is -1.70. The summed E-state index contributed by atoms with van der Waals surface area (Å²) in [6.07, 6.45) is 28.3. The normalized spacial score (nSPS) is 12.9. The van der Waals surface area contributed by atoms with Gasteiger partial charge in [0.25, 0.3) is 0 Å². The minimum absolute atomic E-state index is 0.460. The summed E-state index contributed by atoms with van der Waals surface area (Å²) in [6.45, 7) is 4.15. The van der Waals surface area contributed by atoms with Crippen LogP contribution in [0.2, 0.25) is 0 Å². The van der Waals surface area contributed by atoms with Crippen molar-refractivity contribution in [1.29, 1.82) is 0 Å². The van der Waals surface area contributed by atoms with Crippen LogP contribution in [-0.2, 0) is 19.1 Å². The molecule has 39 heavy (non-hydrogen) atoms. The molecule has 0 radical (unpaired) electrons. The molecule has 2 unspecified atom stereocenters. The van der Waals surface area contributed by atoms with Crippen LogP contribution < -0.4 is 0 Å². The van der Waals surface area contributed by atoms with Gasteiger partial charge in [0.2, 0.25) is 0 Å². The number of ether oxygens (including phenoxy) is 2. The third-order valence-corrected chi connectivity index (χ3v) is 7.55. The van der Waals surface area contributed by atoms with Gasteiger partial charge in [0.1, 0.15) is 0 Å². The zero-order valence-electron chi connectivity index (χ0n) is 25.8. The number of aliphatic hydroxyl groups excluding tert-OH is 2. The predicted octanol–water partition coefficient (Wildman–Crippen LogP) is 8.59. The molecule has 2 atom stereocenters. The number of hydrogen-bond donors (Lipinski definition) is 2. The van der Waals surface area contributed by atoms with Crippen LogP contribution in [0.3, 0.4) is 0 Å². The van der Waals surface area contributed by atoms with E-state index in [1.165, 1.54) is 116 Å². The summed E-state index contributed by atoms with van der Waals surface area (Å²) in [5, 5.41) is 18.3. The number of unbranched alkanes of at least 4 members (excludes halogenated alkanes) is 22. The summed E-state index contributed by atoms with van der Waals surface area (Å²) in [7, 11) is 0. The molecule has 0 rings (SSSR count). The maximum atomic E-state index is 12.4. The van der Waals surface area contributed by atoms with Gasteiger partial charge in [-0.25, -0.2) is 9.59 Å². The number of rotatable bonds is 30. The average Bonchev–Trinajstić information content (AvgIpc) is 2.94. The van der Waals surface area contributed by atoms with Crippen LogP contribution in [0.5, 0.6) is 0 Å². The fourth-order valence-corrected chi connectivity index (χ4v) is 4.92. The Morgan fingerprint density at radius 1 is 0.538 bits per heavy atom. The maximum absolute atomic E-state index is 12.4. The van der Waals surface area contributed by atoms with Gasteiger partial charge < -0.3 is 19.7 Å². The third kappa shape index (κ3) is 25.7. The molecule has 0 aliphatic carbocycles. The monoisotopic (exact) mass is 556 g/mol. The van der Waals surface area contributed by atoms with Gasteiger partial charge in [-0.2, -0.15) is 0 Å². The number of carbonyl (C=O) groups excluding carboxylic acids is 2. The van der Waals surface area contributed by atoms with Crippen LogP contribution in [0.4, 0.5) is 0 Å². The molecule has 2 N–H and O–H groups in total. The van der Waals surface area contributed by atoms with Crippen molar-refractivity contribution in [3.05, 3.63) is 0 Å². The summed E-state index contributed by atoms with van der Waals surface area (Å²) in [5.74, 6) is -1.88. The first-order chi connectivity index (χ1) is 19.1. The Hall–Kier alpha value is -0.980. The Balaban J connectivity index is 3.87. The Kier molecular flexibility index (Phi) is 29.2. The summed E-state index contributed by atoms with van der Waals surface area (Å²) in [4.78, 5) is 24.1. The quantitative estimate of drug-likeness (QED) is 0.0523. The Morgan fingerprint density at radius 3 is 1.28 bits per heavy atom. The van der Waals surface area contributed by atoms with Gasteiger partial charge in [-0.3, -0.25) is 0 Å². The predicted molar refractivity (Wildman–Crippen MR) is 161 cm³/mol. The number of esters is 2. The molecule has 0 aliphatic heterocycles. The molecular weight excluding hydrogens is 492 g/mol. The minimum Gasteiger partial charge on any atom is -0.393 e. The largest absolute Gasteiger partial charge is 0.393 e. The van der Waals surface area contributed by atoms with E-state index in [1.807, 2.05) is 0 Å². The second kappa shape index (κ2) is 30.0. The first-order valence-electron chi connectivity index (χ1n) is 16.7. The molecular formula is C33H64O6. The van der Waals surface area contributed by atoms with Crippen molar-refractivity contribution >= 4 is 11.9 Å². The van der Waals surface area contributed by atoms with E-state index in [1.54, 1.807) is 0 Å². The molecule has 0 spiro atoms. The van der Waals surface area contributed by atoms with Crippen molar-refractivity contribution < 1.29 is 29.3 Å². The lowest BCUT2D eigenvalue weighted by molar-refractivity contribution is -0.174. The molecule has 0 aromatic heterocycles. The molecule has 0 heterocycles. The number of aliphatic hydroxyl groups is 2. The number of hydrogen-bond acceptors (Lipinski definition) is 6. The molecule has 0 bridgehead atoms. The molecule has 0 aromatic rings. The topological polar surface area (TPSA) is 93.1 Å². The smallest absolute Gasteiger partial charge is 0.345 e. The van der Waals surface area contributed by atoms with Crippen LogP contribution in [0, 0.1) is 0 Å². The maximum Gasteiger partial charge on any atom is 0.345 e. The highest BCUT2D eigenvalue weighted by Gasteiger charge is 2.26. The average molecular weight is 557 g/mol. The highest BCUT2D eigenvalue weighted by Crippen LogP contribution is 2.16. The van der Waals surface area contributed by atoms with Gasteiger partial charge in [0, 0.05) is 6.61 Å². The first-order valence-corrected chi connectivity index (χ1v) is 16.7. The third-order valence-electron chi connectivity index (χ3n) is 7.55. The van der Waals surface area contributed by atoms with E-state index >= 15 is 0 Å². The Bertz CT molecular complexity index is 538. The fraction of sp³-hybridized carbons (Fsp3) is 0.939. The lowest BCUT2D eigenvalue weighted by Gasteiger charge is -2.17. The van der Waals surface area contributed by atoms with E-state index < -0.39 is 30.8 Å². The van der Waals surface area contributed by atoms with Crippen molar-refractivity contribution in [2.75, 3.05) is 13.2 Å². The van der Waals surface area contributed by atoms with Gasteiger partial charge in [-0.05, 0) is 12.8 Å². The molecule has 6 heteroatoms. The highest BCUT2D eigenvalue weighted by molar-refractivity contribution is 5.89. The van der Waals surface area contributed by atoms with Crippen LogP contribution in [-0.4, -0.2) is 47.6 Å². The standard InChI is InChI=1S/C33H64O6/c1-3-5-7-9-11-12-13-14-15-16-17-18-19-20-21-22-23-25-27-31(33(37)39-32(36)30(35)29-34)38-28-26-24-10-8-6-4-2/h30-31,34-35H,3-29H2,1-2H3. The Morgan fingerprint density at radius 2 is 0.897 bits per heavy atom. The molecule has 0 amide bonds. The molecule has 6 nitrogen and oxygen atoms in total. The summed E-state index contributed by atoms with van der Waals surface area (Å²) in [5.41, 5.74) is 0. The lowest BCUT2D eigenvalue weighted by atomic mass is 10.0. The second-order valence-electron chi connectivity index (χ2n) is 11.4. The molecule has 0 aliphatic rings. The van der Waals surface area contributed by atoms with Crippen LogP contribution >= 0.6 is 0 Å².